The van der Waals surface area contributed by atoms with E-state index in [9.17, 15) is 0 Å². The van der Waals surface area contributed by atoms with Gasteiger partial charge in [-0.15, -0.1) is 0 Å². The van der Waals surface area contributed by atoms with E-state index in [4.69, 9.17) is 32.0 Å². The van der Waals surface area contributed by atoms with Crippen LogP contribution in [0.15, 0.2) is 0 Å². The average Bonchev–Trinajstić information content (AvgIpc) is 2.60. The van der Waals surface area contributed by atoms with Crippen LogP contribution in [0.5, 0.6) is 0 Å². The fourth-order valence-corrected chi connectivity index (χ4v) is 2.44. The average molecular weight is 342 g/mol. The van der Waals surface area contributed by atoms with Crippen molar-refractivity contribution < 1.29 is 11.8 Å². The molecule has 0 atom stereocenters. The van der Waals surface area contributed by atoms with E-state index in [1.165, 1.54) is 56.9 Å². The maximum atomic E-state index is 8.35. The minimum absolute atomic E-state index is 0.801. The number of nitrogens with zero attached hydrogens (tertiary/aromatic N) is 5. The summed E-state index contributed by atoms with van der Waals surface area (Å²) in [6.07, 6.45) is 8.15. The molecule has 7 nitrogen and oxygen atoms in total. The Morgan fingerprint density at radius 1 is 0.864 bits per heavy atom. The van der Waals surface area contributed by atoms with Crippen molar-refractivity contribution in [3.05, 3.63) is 0 Å². The monoisotopic (exact) mass is 342 g/mol. The first-order valence-electron chi connectivity index (χ1n) is 6.87. The Labute approximate surface area is 132 Å². The Kier molecular flexibility index (Phi) is 8.82. The topological polar surface area (TPSA) is 157 Å². The molecule has 0 radical (unpaired) electrons. The summed E-state index contributed by atoms with van der Waals surface area (Å²) >= 11 is -4.78. The van der Waals surface area contributed by atoms with Crippen molar-refractivity contribution in [2.75, 3.05) is 13.1 Å². The minimum atomic E-state index is -4.78. The van der Waals surface area contributed by atoms with Gasteiger partial charge in [0.15, 0.2) is 0 Å². The summed E-state index contributed by atoms with van der Waals surface area (Å²) in [4.78, 5) is 6.12. The van der Waals surface area contributed by atoms with Crippen LogP contribution in [0.1, 0.15) is 38.5 Å². The van der Waals surface area contributed by atoms with Crippen LogP contribution >= 0.6 is 0 Å². The first kappa shape index (κ1) is 19.9. The largest absolute Gasteiger partial charge is 0.330 e. The van der Waals surface area contributed by atoms with Crippen LogP contribution in [0, 0.1) is 51.1 Å². The second-order valence-electron chi connectivity index (χ2n) is 4.71. The molecule has 0 aliphatic heterocycles. The Morgan fingerprint density at radius 3 is 1.64 bits per heavy atom. The predicted octanol–water partition coefficient (Wildman–Crippen LogP) is 1.34. The van der Waals surface area contributed by atoms with Gasteiger partial charge in [-0.05, 0) is 32.4 Å². The van der Waals surface area contributed by atoms with Gasteiger partial charge in [-0.2, -0.15) is 0 Å². The summed E-state index contributed by atoms with van der Waals surface area (Å²) in [5.41, 5.74) is 5.40. The van der Waals surface area contributed by atoms with Gasteiger partial charge in [-0.25, -0.2) is 0 Å². The van der Waals surface area contributed by atoms with E-state index in [-0.39, 0.29) is 0 Å². The van der Waals surface area contributed by atoms with E-state index in [2.05, 4.69) is 5.32 Å². The number of hydrogen-bond donors (Lipinski definition) is 2. The van der Waals surface area contributed by atoms with Crippen LogP contribution in [-0.2, 0) is 11.8 Å². The summed E-state index contributed by atoms with van der Waals surface area (Å²) in [5.74, 6) is 0. The van der Waals surface area contributed by atoms with E-state index in [0.29, 0.717) is 0 Å². The molecule has 119 valence electrons. The van der Waals surface area contributed by atoms with Gasteiger partial charge in [0, 0.05) is 6.04 Å². The van der Waals surface area contributed by atoms with Crippen LogP contribution in [0.3, 0.4) is 0 Å². The second-order valence-corrected chi connectivity index (χ2v) is 8.71. The van der Waals surface area contributed by atoms with Gasteiger partial charge < -0.3 is 11.1 Å². The first-order valence-corrected chi connectivity index (χ1v) is 9.63. The molecule has 1 aliphatic carbocycles. The molecule has 22 heavy (non-hydrogen) atoms. The van der Waals surface area contributed by atoms with Gasteiger partial charge in [0.05, 0.1) is 0 Å². The SMILES string of the molecule is N#[C][Fe]([C]#N)([C]#N)([C]#N)[C]#N.NCCCNC1CCCCC1. The van der Waals surface area contributed by atoms with Gasteiger partial charge in [-0.3, -0.25) is 0 Å². The molecular formula is C14H20FeN7. The molecular weight excluding hydrogens is 322 g/mol. The zero-order valence-corrected chi connectivity index (χ0v) is 13.5. The van der Waals surface area contributed by atoms with Crippen molar-refractivity contribution in [1.29, 1.82) is 26.3 Å². The summed E-state index contributed by atoms with van der Waals surface area (Å²) in [6.45, 7) is 1.93. The van der Waals surface area contributed by atoms with Gasteiger partial charge in [0.25, 0.3) is 0 Å². The number of nitriles is 5. The third kappa shape index (κ3) is 5.35. The Bertz CT molecular complexity index is 462. The molecule has 0 heterocycles. The van der Waals surface area contributed by atoms with E-state index in [0.717, 1.165) is 25.6 Å². The van der Waals surface area contributed by atoms with Crippen molar-refractivity contribution in [2.24, 2.45) is 5.73 Å². The standard InChI is InChI=1S/C9H20N2.5CN.Fe/c10-7-4-8-11-9-5-2-1-3-6-9;5*1-2;/h9,11H,1-8,10H2;;;;;;. The molecule has 1 aliphatic rings. The minimum Gasteiger partial charge on any atom is -0.330 e. The maximum Gasteiger partial charge on any atom is 0.00670 e. The molecule has 0 saturated heterocycles. The van der Waals surface area contributed by atoms with E-state index < -0.39 is 11.8 Å². The first-order chi connectivity index (χ1) is 10.5. The molecule has 1 rings (SSSR count). The molecule has 0 aromatic heterocycles. The van der Waals surface area contributed by atoms with Crippen LogP contribution < -0.4 is 11.1 Å². The molecule has 3 N–H and O–H groups in total. The Morgan fingerprint density at radius 2 is 1.32 bits per heavy atom. The number of nitrogens with two attached hydrogens (primary N) is 1. The molecule has 1 fully saturated rings. The number of rotatable bonds is 4. The van der Waals surface area contributed by atoms with Crippen LogP contribution in [0.2, 0.25) is 0 Å². The molecule has 0 spiro atoms. The quantitative estimate of drug-likeness (QED) is 0.576. The van der Waals surface area contributed by atoms with Crippen molar-refractivity contribution in [3.63, 3.8) is 0 Å². The van der Waals surface area contributed by atoms with Crippen LogP contribution in [0.25, 0.3) is 0 Å². The third-order valence-corrected chi connectivity index (χ3v) is 5.68. The molecule has 0 unspecified atom stereocenters. The maximum absolute atomic E-state index is 8.35. The second kappa shape index (κ2) is 9.76. The van der Waals surface area contributed by atoms with Crippen molar-refractivity contribution in [1.82, 2.24) is 5.32 Å². The van der Waals surface area contributed by atoms with Crippen LogP contribution in [-0.4, -0.2) is 19.1 Å². The van der Waals surface area contributed by atoms with E-state index in [1.807, 2.05) is 0 Å². The summed E-state index contributed by atoms with van der Waals surface area (Å²) in [7, 11) is 0. The van der Waals surface area contributed by atoms with Gasteiger partial charge in [-0.1, -0.05) is 19.3 Å². The van der Waals surface area contributed by atoms with Gasteiger partial charge >= 0.3 is 62.9 Å². The Balaban J connectivity index is 0.000000401. The molecule has 8 heteroatoms. The Hall–Kier alpha value is -2.11. The summed E-state index contributed by atoms with van der Waals surface area (Å²) in [6, 6.07) is 0.801. The van der Waals surface area contributed by atoms with Gasteiger partial charge in [0.2, 0.25) is 0 Å². The number of nitrogens with one attached hydrogen (secondary N) is 1. The number of hydrogen-bond acceptors (Lipinski definition) is 7. The molecule has 0 amide bonds. The summed E-state index contributed by atoms with van der Waals surface area (Å²) in [5, 5.41) is 45.3. The molecule has 0 aromatic rings. The summed E-state index contributed by atoms with van der Waals surface area (Å²) < 4.78 is 0. The normalized spacial score (nSPS) is 15.9. The van der Waals surface area contributed by atoms with Crippen molar-refractivity contribution in [2.45, 2.75) is 44.6 Å². The van der Waals surface area contributed by atoms with Gasteiger partial charge in [0.1, 0.15) is 0 Å². The fraction of sp³-hybridized carbons (Fsp3) is 0.643. The molecule has 1 saturated carbocycles. The predicted molar refractivity (Wildman–Crippen MR) is 76.6 cm³/mol. The molecule has 0 aromatic carbocycles. The van der Waals surface area contributed by atoms with E-state index in [1.54, 1.807) is 0 Å². The van der Waals surface area contributed by atoms with E-state index >= 15 is 0 Å². The zero-order valence-electron chi connectivity index (χ0n) is 12.4. The molecule has 0 bridgehead atoms. The van der Waals surface area contributed by atoms with Crippen molar-refractivity contribution in [3.8, 4) is 24.8 Å². The zero-order chi connectivity index (χ0) is 16.9. The fourth-order valence-electron chi connectivity index (χ4n) is 1.89. The van der Waals surface area contributed by atoms with Crippen LogP contribution in [0.4, 0.5) is 0 Å². The smallest absolute Gasteiger partial charge is 0.00670 e. The third-order valence-electron chi connectivity index (χ3n) is 3.21. The van der Waals surface area contributed by atoms with Crippen molar-refractivity contribution >= 4 is 0 Å².